The van der Waals surface area contributed by atoms with Gasteiger partial charge in [0.25, 0.3) is 0 Å². The van der Waals surface area contributed by atoms with Gasteiger partial charge in [-0.25, -0.2) is 0 Å². The van der Waals surface area contributed by atoms with Gasteiger partial charge in [0, 0.05) is 39.1 Å². The summed E-state index contributed by atoms with van der Waals surface area (Å²) in [4.78, 5) is 27.0. The van der Waals surface area contributed by atoms with Crippen LogP contribution in [0, 0.1) is 0 Å². The van der Waals surface area contributed by atoms with E-state index in [4.69, 9.17) is 4.74 Å². The molecule has 2 saturated heterocycles. The lowest BCUT2D eigenvalue weighted by Crippen LogP contribution is -2.42. The van der Waals surface area contributed by atoms with Gasteiger partial charge >= 0.3 is 0 Å². The number of imide groups is 1. The van der Waals surface area contributed by atoms with Gasteiger partial charge in [-0.1, -0.05) is 6.92 Å². The fourth-order valence-electron chi connectivity index (χ4n) is 2.96. The Balaban J connectivity index is 1.79. The molecule has 2 rings (SSSR count). The molecule has 0 bridgehead atoms. The molecule has 0 saturated carbocycles. The second-order valence-electron chi connectivity index (χ2n) is 5.73. The third-order valence-corrected chi connectivity index (χ3v) is 4.07. The van der Waals surface area contributed by atoms with Crippen LogP contribution in [-0.2, 0) is 14.3 Å². The van der Waals surface area contributed by atoms with Gasteiger partial charge < -0.3 is 4.74 Å². The maximum absolute atomic E-state index is 11.6. The van der Waals surface area contributed by atoms with Crippen molar-refractivity contribution >= 4 is 11.8 Å². The Morgan fingerprint density at radius 1 is 1.20 bits per heavy atom. The van der Waals surface area contributed by atoms with Gasteiger partial charge in [0.2, 0.25) is 11.8 Å². The molecule has 2 amide bonds. The van der Waals surface area contributed by atoms with Crippen molar-refractivity contribution in [2.75, 3.05) is 32.8 Å². The van der Waals surface area contributed by atoms with Crippen LogP contribution in [0.1, 0.15) is 45.4 Å². The van der Waals surface area contributed by atoms with E-state index in [-0.39, 0.29) is 11.8 Å². The van der Waals surface area contributed by atoms with Gasteiger partial charge in [0.1, 0.15) is 0 Å². The lowest BCUT2D eigenvalue weighted by atomic mass is 10.1. The van der Waals surface area contributed by atoms with Crippen molar-refractivity contribution in [1.29, 1.82) is 0 Å². The maximum Gasteiger partial charge on any atom is 0.229 e. The van der Waals surface area contributed by atoms with E-state index >= 15 is 0 Å². The fraction of sp³-hybridized carbons (Fsp3) is 0.867. The minimum atomic E-state index is -0.0136. The van der Waals surface area contributed by atoms with E-state index < -0.39 is 0 Å². The van der Waals surface area contributed by atoms with Crippen molar-refractivity contribution < 1.29 is 14.3 Å². The first-order valence-electron chi connectivity index (χ1n) is 7.88. The Bertz CT molecular complexity index is 324. The molecule has 2 heterocycles. The Kier molecular flexibility index (Phi) is 5.98. The van der Waals surface area contributed by atoms with Crippen molar-refractivity contribution in [2.24, 2.45) is 0 Å². The third kappa shape index (κ3) is 4.28. The molecule has 114 valence electrons. The summed E-state index contributed by atoms with van der Waals surface area (Å²) in [6, 6.07) is 0. The SMILES string of the molecule is CCCN(CCN1C(=O)CCC1=O)C[C@@H]1CCCCO1. The number of rotatable bonds is 7. The van der Waals surface area contributed by atoms with Gasteiger partial charge in [0.15, 0.2) is 0 Å². The Morgan fingerprint density at radius 3 is 2.55 bits per heavy atom. The summed E-state index contributed by atoms with van der Waals surface area (Å²) in [6.07, 6.45) is 5.71. The van der Waals surface area contributed by atoms with Crippen molar-refractivity contribution in [3.8, 4) is 0 Å². The van der Waals surface area contributed by atoms with Gasteiger partial charge in [-0.3, -0.25) is 19.4 Å². The van der Waals surface area contributed by atoms with E-state index in [2.05, 4.69) is 11.8 Å². The summed E-state index contributed by atoms with van der Waals surface area (Å²) >= 11 is 0. The summed E-state index contributed by atoms with van der Waals surface area (Å²) in [5, 5.41) is 0. The molecule has 20 heavy (non-hydrogen) atoms. The highest BCUT2D eigenvalue weighted by molar-refractivity contribution is 6.01. The predicted molar refractivity (Wildman–Crippen MR) is 76.3 cm³/mol. The second-order valence-corrected chi connectivity index (χ2v) is 5.73. The van der Waals surface area contributed by atoms with Crippen LogP contribution in [0.2, 0.25) is 0 Å². The Labute approximate surface area is 121 Å². The Morgan fingerprint density at radius 2 is 1.95 bits per heavy atom. The van der Waals surface area contributed by atoms with Crippen LogP contribution in [0.5, 0.6) is 0 Å². The number of carbonyl (C=O) groups excluding carboxylic acids is 2. The van der Waals surface area contributed by atoms with Crippen molar-refractivity contribution in [3.63, 3.8) is 0 Å². The van der Waals surface area contributed by atoms with E-state index in [0.717, 1.165) is 39.1 Å². The van der Waals surface area contributed by atoms with E-state index in [0.29, 0.717) is 25.5 Å². The number of ether oxygens (including phenoxy) is 1. The van der Waals surface area contributed by atoms with Crippen LogP contribution in [-0.4, -0.2) is 60.5 Å². The zero-order valence-corrected chi connectivity index (χ0v) is 12.5. The van der Waals surface area contributed by atoms with E-state index in [1.807, 2.05) is 0 Å². The highest BCUT2D eigenvalue weighted by Crippen LogP contribution is 2.15. The normalized spacial score (nSPS) is 23.9. The standard InChI is InChI=1S/C15H26N2O3/c1-2-8-16(12-13-5-3-4-11-20-13)9-10-17-14(18)6-7-15(17)19/h13H,2-12H2,1H3/t13-/m0/s1. The minimum Gasteiger partial charge on any atom is -0.377 e. The molecule has 0 spiro atoms. The molecule has 0 aromatic rings. The molecule has 2 fully saturated rings. The molecular weight excluding hydrogens is 256 g/mol. The van der Waals surface area contributed by atoms with Crippen LogP contribution in [0.4, 0.5) is 0 Å². The summed E-state index contributed by atoms with van der Waals surface area (Å²) in [5.41, 5.74) is 0. The first-order valence-corrected chi connectivity index (χ1v) is 7.88. The van der Waals surface area contributed by atoms with E-state index in [9.17, 15) is 9.59 Å². The van der Waals surface area contributed by atoms with Crippen LogP contribution < -0.4 is 0 Å². The molecule has 5 nitrogen and oxygen atoms in total. The van der Waals surface area contributed by atoms with E-state index in [1.54, 1.807) is 0 Å². The van der Waals surface area contributed by atoms with Crippen LogP contribution in [0.3, 0.4) is 0 Å². The smallest absolute Gasteiger partial charge is 0.229 e. The van der Waals surface area contributed by atoms with E-state index in [1.165, 1.54) is 17.7 Å². The Hall–Kier alpha value is -0.940. The highest BCUT2D eigenvalue weighted by atomic mass is 16.5. The summed E-state index contributed by atoms with van der Waals surface area (Å²) in [7, 11) is 0. The topological polar surface area (TPSA) is 49.9 Å². The average Bonchev–Trinajstić information content (AvgIpc) is 2.77. The number of likely N-dealkylation sites (tertiary alicyclic amines) is 1. The molecule has 2 aliphatic rings. The molecule has 0 aromatic carbocycles. The number of amides is 2. The predicted octanol–water partition coefficient (Wildman–Crippen LogP) is 1.42. The molecule has 0 radical (unpaired) electrons. The van der Waals surface area contributed by atoms with Crippen molar-refractivity contribution in [2.45, 2.75) is 51.6 Å². The molecule has 0 unspecified atom stereocenters. The second kappa shape index (κ2) is 7.74. The van der Waals surface area contributed by atoms with Gasteiger partial charge in [-0.2, -0.15) is 0 Å². The fourth-order valence-corrected chi connectivity index (χ4v) is 2.96. The van der Waals surface area contributed by atoms with Crippen LogP contribution in [0.15, 0.2) is 0 Å². The van der Waals surface area contributed by atoms with Crippen molar-refractivity contribution in [3.05, 3.63) is 0 Å². The molecule has 0 N–H and O–H groups in total. The maximum atomic E-state index is 11.6. The highest BCUT2D eigenvalue weighted by Gasteiger charge is 2.29. The molecule has 0 aliphatic carbocycles. The van der Waals surface area contributed by atoms with Crippen LogP contribution in [0.25, 0.3) is 0 Å². The minimum absolute atomic E-state index is 0.0136. The van der Waals surface area contributed by atoms with Gasteiger partial charge in [-0.15, -0.1) is 0 Å². The van der Waals surface area contributed by atoms with Crippen molar-refractivity contribution in [1.82, 2.24) is 9.80 Å². The summed E-state index contributed by atoms with van der Waals surface area (Å²) in [6.45, 7) is 6.24. The quantitative estimate of drug-likeness (QED) is 0.663. The molecule has 5 heteroatoms. The molecule has 2 aliphatic heterocycles. The van der Waals surface area contributed by atoms with Gasteiger partial charge in [0.05, 0.1) is 6.10 Å². The largest absolute Gasteiger partial charge is 0.377 e. The number of hydrogen-bond donors (Lipinski definition) is 0. The number of nitrogens with zero attached hydrogens (tertiary/aromatic N) is 2. The zero-order valence-electron chi connectivity index (χ0n) is 12.5. The lowest BCUT2D eigenvalue weighted by Gasteiger charge is -2.30. The van der Waals surface area contributed by atoms with Crippen LogP contribution >= 0.6 is 0 Å². The first kappa shape index (κ1) is 15.4. The third-order valence-electron chi connectivity index (χ3n) is 4.07. The summed E-state index contributed by atoms with van der Waals surface area (Å²) < 4.78 is 5.78. The average molecular weight is 282 g/mol. The summed E-state index contributed by atoms with van der Waals surface area (Å²) in [5.74, 6) is -0.0271. The number of hydrogen-bond acceptors (Lipinski definition) is 4. The molecule has 1 atom stereocenters. The number of carbonyl (C=O) groups is 2. The van der Waals surface area contributed by atoms with Gasteiger partial charge in [-0.05, 0) is 32.2 Å². The lowest BCUT2D eigenvalue weighted by molar-refractivity contribution is -0.138. The molecule has 0 aromatic heterocycles. The monoisotopic (exact) mass is 282 g/mol. The zero-order chi connectivity index (χ0) is 14.4. The first-order chi connectivity index (χ1) is 9.70. The molecular formula is C15H26N2O3.